The van der Waals surface area contributed by atoms with E-state index in [0.29, 0.717) is 23.6 Å². The number of rotatable bonds is 4. The zero-order valence-electron chi connectivity index (χ0n) is 10.1. The first-order valence-corrected chi connectivity index (χ1v) is 5.08. The van der Waals surface area contributed by atoms with E-state index in [1.165, 1.54) is 0 Å². The zero-order chi connectivity index (χ0) is 12.0. The summed E-state index contributed by atoms with van der Waals surface area (Å²) in [6.45, 7) is 9.42. The van der Waals surface area contributed by atoms with Crippen LogP contribution in [0.25, 0.3) is 0 Å². The maximum absolute atomic E-state index is 11.6. The molecule has 2 N–H and O–H groups in total. The third kappa shape index (κ3) is 4.63. The molecule has 0 atom stereocenters. The van der Waals surface area contributed by atoms with Crippen LogP contribution in [-0.4, -0.2) is 24.3 Å². The maximum atomic E-state index is 11.6. The molecule has 0 aliphatic heterocycles. The average Bonchev–Trinajstić information content (AvgIpc) is 2.01. The van der Waals surface area contributed by atoms with E-state index in [1.54, 1.807) is 20.8 Å². The highest BCUT2D eigenvalue weighted by atomic mass is 16.5. The molecule has 0 bridgehead atoms. The standard InChI is InChI=1S/C11H20N2O2/c1-6-15-11(14)10(8(4)12)9(5)13-7(2)3/h7H,6,12H2,1-5H3/b10-8+,13-9?. The molecule has 0 aliphatic carbocycles. The Hall–Kier alpha value is -1.32. The lowest BCUT2D eigenvalue weighted by Gasteiger charge is -2.09. The Morgan fingerprint density at radius 1 is 1.40 bits per heavy atom. The van der Waals surface area contributed by atoms with Crippen LogP contribution in [0.5, 0.6) is 0 Å². The fourth-order valence-electron chi connectivity index (χ4n) is 1.25. The van der Waals surface area contributed by atoms with Crippen molar-refractivity contribution < 1.29 is 9.53 Å². The number of nitrogens with zero attached hydrogens (tertiary/aromatic N) is 1. The maximum Gasteiger partial charge on any atom is 0.341 e. The molecule has 15 heavy (non-hydrogen) atoms. The molecule has 0 radical (unpaired) electrons. The van der Waals surface area contributed by atoms with Gasteiger partial charge in [-0.25, -0.2) is 4.79 Å². The summed E-state index contributed by atoms with van der Waals surface area (Å²) < 4.78 is 4.91. The monoisotopic (exact) mass is 212 g/mol. The van der Waals surface area contributed by atoms with E-state index in [2.05, 4.69) is 4.99 Å². The average molecular weight is 212 g/mol. The molecular formula is C11H20N2O2. The number of allylic oxidation sites excluding steroid dienone is 1. The van der Waals surface area contributed by atoms with Gasteiger partial charge in [-0.05, 0) is 34.6 Å². The number of hydrogen-bond donors (Lipinski definition) is 1. The SMILES string of the molecule is CCOC(=O)/C(C(C)=NC(C)C)=C(\C)N. The van der Waals surface area contributed by atoms with Crippen LogP contribution in [0.1, 0.15) is 34.6 Å². The van der Waals surface area contributed by atoms with E-state index >= 15 is 0 Å². The molecule has 4 nitrogen and oxygen atoms in total. The second-order valence-electron chi connectivity index (χ2n) is 3.59. The van der Waals surface area contributed by atoms with Gasteiger partial charge in [-0.15, -0.1) is 0 Å². The number of esters is 1. The Balaban J connectivity index is 5.02. The molecule has 0 heterocycles. The molecule has 0 aliphatic rings. The topological polar surface area (TPSA) is 64.7 Å². The predicted molar refractivity (Wildman–Crippen MR) is 61.8 cm³/mol. The molecule has 4 heteroatoms. The van der Waals surface area contributed by atoms with Crippen molar-refractivity contribution >= 4 is 11.7 Å². The van der Waals surface area contributed by atoms with Gasteiger partial charge in [-0.1, -0.05) is 0 Å². The van der Waals surface area contributed by atoms with E-state index in [-0.39, 0.29) is 6.04 Å². The highest BCUT2D eigenvalue weighted by molar-refractivity contribution is 6.19. The van der Waals surface area contributed by atoms with Gasteiger partial charge in [-0.3, -0.25) is 4.99 Å². The van der Waals surface area contributed by atoms with Crippen molar-refractivity contribution in [1.29, 1.82) is 0 Å². The van der Waals surface area contributed by atoms with Crippen LogP contribution in [0, 0.1) is 0 Å². The third-order valence-corrected chi connectivity index (χ3v) is 1.69. The summed E-state index contributed by atoms with van der Waals surface area (Å²) in [6, 6.07) is 0.133. The van der Waals surface area contributed by atoms with Crippen molar-refractivity contribution in [2.24, 2.45) is 10.7 Å². The van der Waals surface area contributed by atoms with E-state index in [9.17, 15) is 4.79 Å². The third-order valence-electron chi connectivity index (χ3n) is 1.69. The fraction of sp³-hybridized carbons (Fsp3) is 0.636. The molecule has 0 rings (SSSR count). The Kier molecular flexibility index (Phi) is 5.67. The lowest BCUT2D eigenvalue weighted by Crippen LogP contribution is -2.19. The van der Waals surface area contributed by atoms with Crippen molar-refractivity contribution in [2.45, 2.75) is 40.7 Å². The lowest BCUT2D eigenvalue weighted by molar-refractivity contribution is -0.137. The van der Waals surface area contributed by atoms with Crippen LogP contribution in [0.4, 0.5) is 0 Å². The van der Waals surface area contributed by atoms with Gasteiger partial charge in [0.15, 0.2) is 0 Å². The molecule has 0 saturated carbocycles. The number of carbonyl (C=O) groups is 1. The molecule has 86 valence electrons. The van der Waals surface area contributed by atoms with Gasteiger partial charge in [0.2, 0.25) is 0 Å². The van der Waals surface area contributed by atoms with Crippen molar-refractivity contribution in [3.8, 4) is 0 Å². The molecule has 0 spiro atoms. The molecule has 0 aromatic heterocycles. The molecule has 0 unspecified atom stereocenters. The predicted octanol–water partition coefficient (Wildman–Crippen LogP) is 1.65. The summed E-state index contributed by atoms with van der Waals surface area (Å²) >= 11 is 0. The molecule has 0 fully saturated rings. The second kappa shape index (κ2) is 6.22. The minimum atomic E-state index is -0.403. The van der Waals surface area contributed by atoms with Gasteiger partial charge < -0.3 is 10.5 Å². The Bertz CT molecular complexity index is 287. The van der Waals surface area contributed by atoms with E-state index in [1.807, 2.05) is 13.8 Å². The van der Waals surface area contributed by atoms with Gasteiger partial charge >= 0.3 is 5.97 Å². The fourth-order valence-corrected chi connectivity index (χ4v) is 1.25. The highest BCUT2D eigenvalue weighted by Crippen LogP contribution is 2.07. The minimum Gasteiger partial charge on any atom is -0.462 e. The summed E-state index contributed by atoms with van der Waals surface area (Å²) in [5, 5.41) is 0. The molecular weight excluding hydrogens is 192 g/mol. The summed E-state index contributed by atoms with van der Waals surface area (Å²) in [5.41, 5.74) is 7.09. The van der Waals surface area contributed by atoms with E-state index < -0.39 is 5.97 Å². The van der Waals surface area contributed by atoms with Gasteiger partial charge in [0.1, 0.15) is 0 Å². The van der Waals surface area contributed by atoms with Crippen LogP contribution in [0.15, 0.2) is 16.3 Å². The molecule has 0 aromatic rings. The van der Waals surface area contributed by atoms with Gasteiger partial charge in [0, 0.05) is 17.5 Å². The summed E-state index contributed by atoms with van der Waals surface area (Å²) in [7, 11) is 0. The Morgan fingerprint density at radius 2 is 1.93 bits per heavy atom. The number of aliphatic imine (C=N–C) groups is 1. The van der Waals surface area contributed by atoms with Gasteiger partial charge in [0.05, 0.1) is 12.2 Å². The highest BCUT2D eigenvalue weighted by Gasteiger charge is 2.16. The first-order valence-electron chi connectivity index (χ1n) is 5.08. The van der Waals surface area contributed by atoms with Crippen LogP contribution >= 0.6 is 0 Å². The Labute approximate surface area is 91.2 Å². The van der Waals surface area contributed by atoms with Gasteiger partial charge in [-0.2, -0.15) is 0 Å². The smallest absolute Gasteiger partial charge is 0.341 e. The second-order valence-corrected chi connectivity index (χ2v) is 3.59. The van der Waals surface area contributed by atoms with Crippen molar-refractivity contribution in [1.82, 2.24) is 0 Å². The first-order chi connectivity index (χ1) is 6.90. The van der Waals surface area contributed by atoms with Crippen molar-refractivity contribution in [2.75, 3.05) is 6.61 Å². The summed E-state index contributed by atoms with van der Waals surface area (Å²) in [5.74, 6) is -0.403. The zero-order valence-corrected chi connectivity index (χ0v) is 10.1. The van der Waals surface area contributed by atoms with Crippen LogP contribution in [-0.2, 0) is 9.53 Å². The Morgan fingerprint density at radius 3 is 2.27 bits per heavy atom. The number of carbonyl (C=O) groups excluding carboxylic acids is 1. The quantitative estimate of drug-likeness (QED) is 0.438. The molecule has 0 saturated heterocycles. The number of hydrogen-bond acceptors (Lipinski definition) is 4. The van der Waals surface area contributed by atoms with Crippen molar-refractivity contribution in [3.05, 3.63) is 11.3 Å². The molecule has 0 aromatic carbocycles. The lowest BCUT2D eigenvalue weighted by atomic mass is 10.1. The van der Waals surface area contributed by atoms with Crippen LogP contribution < -0.4 is 5.73 Å². The van der Waals surface area contributed by atoms with Gasteiger partial charge in [0.25, 0.3) is 0 Å². The molecule has 0 amide bonds. The minimum absolute atomic E-state index is 0.133. The first kappa shape index (κ1) is 13.7. The number of ether oxygens (including phenoxy) is 1. The van der Waals surface area contributed by atoms with E-state index in [0.717, 1.165) is 0 Å². The number of nitrogens with two attached hydrogens (primary N) is 1. The summed E-state index contributed by atoms with van der Waals surface area (Å²) in [6.07, 6.45) is 0. The normalized spacial score (nSPS) is 13.9. The van der Waals surface area contributed by atoms with Crippen LogP contribution in [0.3, 0.4) is 0 Å². The van der Waals surface area contributed by atoms with E-state index in [4.69, 9.17) is 10.5 Å². The largest absolute Gasteiger partial charge is 0.462 e. The van der Waals surface area contributed by atoms with Crippen LogP contribution in [0.2, 0.25) is 0 Å². The van der Waals surface area contributed by atoms with Crippen molar-refractivity contribution in [3.63, 3.8) is 0 Å². The summed E-state index contributed by atoms with van der Waals surface area (Å²) in [4.78, 5) is 15.8.